The molecule has 0 atom stereocenters. The molecule has 0 unspecified atom stereocenters. The minimum atomic E-state index is -3.53. The molecule has 2 amide bonds. The van der Waals surface area contributed by atoms with Gasteiger partial charge in [-0.3, -0.25) is 9.59 Å². The van der Waals surface area contributed by atoms with Crippen molar-refractivity contribution in [3.05, 3.63) is 59.7 Å². The number of ether oxygens (including phenoxy) is 2. The highest BCUT2D eigenvalue weighted by molar-refractivity contribution is 7.89. The molecule has 0 radical (unpaired) electrons. The first-order valence-corrected chi connectivity index (χ1v) is 12.8. The number of morpholine rings is 2. The monoisotopic (exact) mass is 487 g/mol. The molecule has 10 heteroatoms. The molecule has 34 heavy (non-hydrogen) atoms. The molecule has 2 aromatic rings. The first-order chi connectivity index (χ1) is 16.4. The fourth-order valence-electron chi connectivity index (χ4n) is 3.92. The average Bonchev–Trinajstić information content (AvgIpc) is 2.88. The van der Waals surface area contributed by atoms with Crippen molar-refractivity contribution in [3.63, 3.8) is 0 Å². The number of rotatable bonds is 7. The van der Waals surface area contributed by atoms with Crippen LogP contribution in [0.2, 0.25) is 0 Å². The molecule has 0 bridgehead atoms. The zero-order valence-corrected chi connectivity index (χ0v) is 19.8. The van der Waals surface area contributed by atoms with E-state index in [-0.39, 0.29) is 23.1 Å². The van der Waals surface area contributed by atoms with Crippen LogP contribution in [0, 0.1) is 0 Å². The number of carbonyl (C=O) groups is 2. The first kappa shape index (κ1) is 24.3. The van der Waals surface area contributed by atoms with E-state index in [2.05, 4.69) is 5.32 Å². The Morgan fingerprint density at radius 2 is 1.53 bits per heavy atom. The van der Waals surface area contributed by atoms with Gasteiger partial charge in [0.2, 0.25) is 15.9 Å². The lowest BCUT2D eigenvalue weighted by atomic mass is 10.1. The summed E-state index contributed by atoms with van der Waals surface area (Å²) in [6, 6.07) is 13.6. The van der Waals surface area contributed by atoms with Crippen molar-refractivity contribution in [2.24, 2.45) is 0 Å². The van der Waals surface area contributed by atoms with Crippen molar-refractivity contribution in [3.8, 4) is 0 Å². The fraction of sp³-hybridized carbons (Fsp3) is 0.417. The third kappa shape index (κ3) is 6.01. The maximum atomic E-state index is 12.7. The van der Waals surface area contributed by atoms with Crippen LogP contribution in [0.1, 0.15) is 22.3 Å². The van der Waals surface area contributed by atoms with Crippen molar-refractivity contribution >= 4 is 27.5 Å². The minimum Gasteiger partial charge on any atom is -0.379 e. The highest BCUT2D eigenvalue weighted by Gasteiger charge is 2.26. The second kappa shape index (κ2) is 11.1. The molecule has 2 fully saturated rings. The Morgan fingerprint density at radius 1 is 0.882 bits per heavy atom. The summed E-state index contributed by atoms with van der Waals surface area (Å²) in [6.45, 7) is 3.68. The second-order valence-corrected chi connectivity index (χ2v) is 10.1. The predicted molar refractivity (Wildman–Crippen MR) is 126 cm³/mol. The molecule has 0 aliphatic carbocycles. The van der Waals surface area contributed by atoms with Crippen LogP contribution in [0.15, 0.2) is 53.4 Å². The third-order valence-electron chi connectivity index (χ3n) is 5.86. The van der Waals surface area contributed by atoms with E-state index in [0.717, 1.165) is 5.56 Å². The number of nitrogens with one attached hydrogen (secondary N) is 1. The molecule has 2 aliphatic heterocycles. The van der Waals surface area contributed by atoms with Crippen LogP contribution < -0.4 is 5.32 Å². The summed E-state index contributed by atoms with van der Waals surface area (Å²) in [6.07, 6.45) is 0.702. The summed E-state index contributed by atoms with van der Waals surface area (Å²) >= 11 is 0. The van der Waals surface area contributed by atoms with Gasteiger partial charge in [0.1, 0.15) is 0 Å². The number of amides is 2. The van der Waals surface area contributed by atoms with Crippen molar-refractivity contribution in [1.29, 1.82) is 0 Å². The van der Waals surface area contributed by atoms with E-state index in [1.807, 2.05) is 0 Å². The van der Waals surface area contributed by atoms with Crippen LogP contribution in [-0.2, 0) is 30.7 Å². The normalized spacial score (nSPS) is 17.4. The Hall–Kier alpha value is -2.79. The Balaban J connectivity index is 1.30. The SMILES string of the molecule is O=C(CCc1ccc(S(=O)(=O)N2CCOCC2)cc1)Nc1cccc(C(=O)N2CCOCC2)c1. The molecule has 0 spiro atoms. The number of hydrogen-bond acceptors (Lipinski definition) is 6. The van der Waals surface area contributed by atoms with Gasteiger partial charge < -0.3 is 19.7 Å². The largest absolute Gasteiger partial charge is 0.379 e. The summed E-state index contributed by atoms with van der Waals surface area (Å²) in [7, 11) is -3.53. The maximum absolute atomic E-state index is 12.7. The average molecular weight is 488 g/mol. The molecule has 2 aromatic carbocycles. The molecule has 2 saturated heterocycles. The standard InChI is InChI=1S/C24H29N3O6S/c28-23(25-21-3-1-2-20(18-21)24(29)26-10-14-32-15-11-26)9-6-19-4-7-22(8-5-19)34(30,31)27-12-16-33-17-13-27/h1-5,7-8,18H,6,9-17H2,(H,25,28). The molecule has 0 saturated carbocycles. The molecule has 2 heterocycles. The number of benzene rings is 2. The van der Waals surface area contributed by atoms with Gasteiger partial charge in [-0.1, -0.05) is 18.2 Å². The zero-order chi connectivity index (χ0) is 24.0. The molecule has 2 aliphatic rings. The van der Waals surface area contributed by atoms with Crippen LogP contribution in [-0.4, -0.2) is 82.0 Å². The van der Waals surface area contributed by atoms with Gasteiger partial charge in [-0.2, -0.15) is 4.31 Å². The molecular weight excluding hydrogens is 458 g/mol. The van der Waals surface area contributed by atoms with E-state index in [1.54, 1.807) is 53.4 Å². The highest BCUT2D eigenvalue weighted by atomic mass is 32.2. The van der Waals surface area contributed by atoms with Crippen molar-refractivity contribution in [2.75, 3.05) is 57.9 Å². The molecule has 0 aromatic heterocycles. The van der Waals surface area contributed by atoms with E-state index < -0.39 is 10.0 Å². The van der Waals surface area contributed by atoms with Crippen LogP contribution >= 0.6 is 0 Å². The summed E-state index contributed by atoms with van der Waals surface area (Å²) in [5, 5.41) is 2.84. The van der Waals surface area contributed by atoms with Crippen molar-refractivity contribution in [1.82, 2.24) is 9.21 Å². The number of carbonyl (C=O) groups excluding carboxylic acids is 2. The van der Waals surface area contributed by atoms with Crippen LogP contribution in [0.5, 0.6) is 0 Å². The highest BCUT2D eigenvalue weighted by Crippen LogP contribution is 2.19. The van der Waals surface area contributed by atoms with Gasteiger partial charge >= 0.3 is 0 Å². The Labute approximate surface area is 199 Å². The minimum absolute atomic E-state index is 0.0773. The Kier molecular flexibility index (Phi) is 7.94. The number of anilines is 1. The summed E-state index contributed by atoms with van der Waals surface area (Å²) in [5.41, 5.74) is 1.96. The van der Waals surface area contributed by atoms with Gasteiger partial charge in [0.25, 0.3) is 5.91 Å². The molecule has 9 nitrogen and oxygen atoms in total. The van der Waals surface area contributed by atoms with Gasteiger partial charge in [0, 0.05) is 43.9 Å². The molecule has 182 valence electrons. The van der Waals surface area contributed by atoms with Gasteiger partial charge in [-0.25, -0.2) is 8.42 Å². The van der Waals surface area contributed by atoms with E-state index in [1.165, 1.54) is 4.31 Å². The van der Waals surface area contributed by atoms with Crippen LogP contribution in [0.25, 0.3) is 0 Å². The lowest BCUT2D eigenvalue weighted by Gasteiger charge is -2.27. The van der Waals surface area contributed by atoms with Crippen molar-refractivity contribution < 1.29 is 27.5 Å². The van der Waals surface area contributed by atoms with E-state index in [0.29, 0.717) is 70.3 Å². The molecule has 4 rings (SSSR count). The fourth-order valence-corrected chi connectivity index (χ4v) is 5.33. The maximum Gasteiger partial charge on any atom is 0.254 e. The van der Waals surface area contributed by atoms with Gasteiger partial charge in [-0.05, 0) is 42.3 Å². The number of aryl methyl sites for hydroxylation is 1. The van der Waals surface area contributed by atoms with Gasteiger partial charge in [-0.15, -0.1) is 0 Å². The molecular formula is C24H29N3O6S. The summed E-state index contributed by atoms with van der Waals surface area (Å²) < 4.78 is 37.4. The number of nitrogens with zero attached hydrogens (tertiary/aromatic N) is 2. The quantitative estimate of drug-likeness (QED) is 0.638. The number of hydrogen-bond donors (Lipinski definition) is 1. The first-order valence-electron chi connectivity index (χ1n) is 11.4. The van der Waals surface area contributed by atoms with Gasteiger partial charge in [0.05, 0.1) is 31.3 Å². The van der Waals surface area contributed by atoms with Crippen LogP contribution in [0.3, 0.4) is 0 Å². The lowest BCUT2D eigenvalue weighted by molar-refractivity contribution is -0.116. The second-order valence-electron chi connectivity index (χ2n) is 8.19. The Bertz CT molecular complexity index is 1110. The zero-order valence-electron chi connectivity index (χ0n) is 18.9. The lowest BCUT2D eigenvalue weighted by Crippen LogP contribution is -2.40. The van der Waals surface area contributed by atoms with E-state index >= 15 is 0 Å². The summed E-state index contributed by atoms with van der Waals surface area (Å²) in [5.74, 6) is -0.257. The predicted octanol–water partition coefficient (Wildman–Crippen LogP) is 1.75. The topological polar surface area (TPSA) is 105 Å². The van der Waals surface area contributed by atoms with Crippen molar-refractivity contribution in [2.45, 2.75) is 17.7 Å². The Morgan fingerprint density at radius 3 is 2.21 bits per heavy atom. The van der Waals surface area contributed by atoms with E-state index in [9.17, 15) is 18.0 Å². The molecule has 1 N–H and O–H groups in total. The van der Waals surface area contributed by atoms with E-state index in [4.69, 9.17) is 9.47 Å². The van der Waals surface area contributed by atoms with Crippen LogP contribution in [0.4, 0.5) is 5.69 Å². The third-order valence-corrected chi connectivity index (χ3v) is 7.78. The number of sulfonamides is 1. The summed E-state index contributed by atoms with van der Waals surface area (Å²) in [4.78, 5) is 27.1. The smallest absolute Gasteiger partial charge is 0.254 e. The van der Waals surface area contributed by atoms with Gasteiger partial charge in [0.15, 0.2) is 0 Å².